The van der Waals surface area contributed by atoms with Crippen LogP contribution in [0.1, 0.15) is 89.3 Å². The lowest BCUT2D eigenvalue weighted by Gasteiger charge is -2.36. The maximum Gasteiger partial charge on any atom is 0.357 e. The highest BCUT2D eigenvalue weighted by molar-refractivity contribution is 7.09. The van der Waals surface area contributed by atoms with Gasteiger partial charge >= 0.3 is 11.9 Å². The zero-order valence-electron chi connectivity index (χ0n) is 21.4. The normalized spacial score (nSPS) is 15.5. The SMILES string of the molecule is CC[C@H](C)[C@H](CC(=O)OC(C)(C)C)C(=O)N(C)[C@H](C[C@H](O)c1nc(C(=O)OC)cs1)C(C)C. The number of ether oxygens (including phenoxy) is 2. The van der Waals surface area contributed by atoms with Gasteiger partial charge in [-0.25, -0.2) is 9.78 Å². The van der Waals surface area contributed by atoms with Crippen molar-refractivity contribution in [2.45, 2.75) is 85.5 Å². The minimum absolute atomic E-state index is 0.00761. The number of rotatable bonds is 11. The van der Waals surface area contributed by atoms with E-state index >= 15 is 0 Å². The van der Waals surface area contributed by atoms with Gasteiger partial charge in [-0.1, -0.05) is 34.1 Å². The van der Waals surface area contributed by atoms with Crippen molar-refractivity contribution in [2.75, 3.05) is 14.2 Å². The zero-order chi connectivity index (χ0) is 25.5. The van der Waals surface area contributed by atoms with Gasteiger partial charge in [-0.3, -0.25) is 9.59 Å². The molecule has 0 saturated heterocycles. The van der Waals surface area contributed by atoms with Gasteiger partial charge in [-0.2, -0.15) is 0 Å². The van der Waals surface area contributed by atoms with Gasteiger partial charge in [-0.05, 0) is 32.6 Å². The molecule has 0 fully saturated rings. The van der Waals surface area contributed by atoms with Crippen molar-refractivity contribution in [1.82, 2.24) is 9.88 Å². The van der Waals surface area contributed by atoms with Crippen LogP contribution in [0.5, 0.6) is 0 Å². The van der Waals surface area contributed by atoms with Crippen LogP contribution in [0.25, 0.3) is 0 Å². The summed E-state index contributed by atoms with van der Waals surface area (Å²) in [6, 6.07) is -0.289. The number of carbonyl (C=O) groups is 3. The predicted molar refractivity (Wildman–Crippen MR) is 128 cm³/mol. The lowest BCUT2D eigenvalue weighted by atomic mass is 9.86. The van der Waals surface area contributed by atoms with E-state index in [1.54, 1.807) is 38.1 Å². The largest absolute Gasteiger partial charge is 0.464 e. The van der Waals surface area contributed by atoms with Crippen LogP contribution in [0.2, 0.25) is 0 Å². The number of methoxy groups -OCH3 is 1. The maximum atomic E-state index is 13.5. The molecule has 188 valence electrons. The molecule has 0 aromatic carbocycles. The fraction of sp³-hybridized carbons (Fsp3) is 0.750. The molecule has 8 nitrogen and oxygen atoms in total. The third kappa shape index (κ3) is 8.70. The first kappa shape index (κ1) is 29.0. The minimum Gasteiger partial charge on any atom is -0.464 e. The lowest BCUT2D eigenvalue weighted by molar-refractivity contribution is -0.159. The first-order valence-electron chi connectivity index (χ1n) is 11.4. The zero-order valence-corrected chi connectivity index (χ0v) is 22.2. The van der Waals surface area contributed by atoms with Gasteiger partial charge in [-0.15, -0.1) is 11.3 Å². The van der Waals surface area contributed by atoms with Crippen molar-refractivity contribution in [1.29, 1.82) is 0 Å². The van der Waals surface area contributed by atoms with E-state index < -0.39 is 29.6 Å². The summed E-state index contributed by atoms with van der Waals surface area (Å²) < 4.78 is 10.1. The Morgan fingerprint density at radius 2 is 1.82 bits per heavy atom. The van der Waals surface area contributed by atoms with Gasteiger partial charge < -0.3 is 19.5 Å². The number of esters is 2. The molecule has 9 heteroatoms. The Labute approximate surface area is 201 Å². The predicted octanol–water partition coefficient (Wildman–Crippen LogP) is 4.23. The second-order valence-corrected chi connectivity index (χ2v) is 10.7. The van der Waals surface area contributed by atoms with Gasteiger partial charge in [0.2, 0.25) is 5.91 Å². The van der Waals surface area contributed by atoms with Gasteiger partial charge in [0, 0.05) is 24.9 Å². The third-order valence-electron chi connectivity index (χ3n) is 5.74. The van der Waals surface area contributed by atoms with Crippen LogP contribution in [0.15, 0.2) is 5.38 Å². The van der Waals surface area contributed by atoms with Crippen LogP contribution in [0.3, 0.4) is 0 Å². The van der Waals surface area contributed by atoms with E-state index in [-0.39, 0.29) is 42.3 Å². The summed E-state index contributed by atoms with van der Waals surface area (Å²) in [4.78, 5) is 43.5. The summed E-state index contributed by atoms with van der Waals surface area (Å²) in [5, 5.41) is 12.7. The molecule has 0 radical (unpaired) electrons. The molecule has 0 aliphatic heterocycles. The van der Waals surface area contributed by atoms with E-state index in [0.29, 0.717) is 5.01 Å². The molecule has 0 unspecified atom stereocenters. The van der Waals surface area contributed by atoms with Crippen molar-refractivity contribution < 1.29 is 29.0 Å². The van der Waals surface area contributed by atoms with Crippen molar-refractivity contribution in [3.8, 4) is 0 Å². The number of hydrogen-bond donors (Lipinski definition) is 1. The Balaban J connectivity index is 3.03. The molecule has 1 aromatic heterocycles. The first-order chi connectivity index (χ1) is 15.2. The van der Waals surface area contributed by atoms with Crippen molar-refractivity contribution in [2.24, 2.45) is 17.8 Å². The Kier molecular flexibility index (Phi) is 11.0. The number of aliphatic hydroxyl groups excluding tert-OH is 1. The molecule has 0 spiro atoms. The second kappa shape index (κ2) is 12.5. The summed E-state index contributed by atoms with van der Waals surface area (Å²) in [7, 11) is 2.99. The molecule has 1 amide bonds. The number of aliphatic hydroxyl groups is 1. The Morgan fingerprint density at radius 1 is 1.21 bits per heavy atom. The van der Waals surface area contributed by atoms with Crippen LogP contribution >= 0.6 is 11.3 Å². The molecule has 1 aromatic rings. The van der Waals surface area contributed by atoms with E-state index in [9.17, 15) is 19.5 Å². The number of amides is 1. The molecule has 1 rings (SSSR count). The number of thiazole rings is 1. The summed E-state index contributed by atoms with van der Waals surface area (Å²) in [6.45, 7) is 13.3. The molecule has 0 aliphatic rings. The van der Waals surface area contributed by atoms with E-state index in [0.717, 1.165) is 6.42 Å². The van der Waals surface area contributed by atoms with Gasteiger partial charge in [0.25, 0.3) is 0 Å². The number of nitrogens with zero attached hydrogens (tertiary/aromatic N) is 2. The molecular weight excluding hydrogens is 444 g/mol. The standard InChI is InChI=1S/C24H40N2O6S/c1-10-15(4)16(11-20(28)32-24(5,6)7)22(29)26(8)18(14(2)3)12-19(27)21-25-17(13-33-21)23(30)31-9/h13-16,18-19,27H,10-12H2,1-9H3/t15-,16-,18+,19-/m0/s1. The third-order valence-corrected chi connectivity index (χ3v) is 6.68. The minimum atomic E-state index is -0.941. The molecule has 0 bridgehead atoms. The molecule has 0 aliphatic carbocycles. The average molecular weight is 485 g/mol. The average Bonchev–Trinajstić information content (AvgIpc) is 3.22. The van der Waals surface area contributed by atoms with Crippen molar-refractivity contribution >= 4 is 29.2 Å². The Bertz CT molecular complexity index is 801. The van der Waals surface area contributed by atoms with E-state index in [1.165, 1.54) is 18.4 Å². The van der Waals surface area contributed by atoms with Crippen LogP contribution in [0, 0.1) is 17.8 Å². The molecular formula is C24H40N2O6S. The smallest absolute Gasteiger partial charge is 0.357 e. The van der Waals surface area contributed by atoms with E-state index in [2.05, 4.69) is 9.72 Å². The van der Waals surface area contributed by atoms with Crippen molar-refractivity contribution in [3.63, 3.8) is 0 Å². The second-order valence-electron chi connectivity index (χ2n) is 9.86. The number of aromatic nitrogens is 1. The highest BCUT2D eigenvalue weighted by atomic mass is 32.1. The van der Waals surface area contributed by atoms with Gasteiger partial charge in [0.05, 0.1) is 19.4 Å². The summed E-state index contributed by atoms with van der Waals surface area (Å²) in [6.07, 6.45) is 0.0760. The summed E-state index contributed by atoms with van der Waals surface area (Å²) in [5.41, 5.74) is -0.468. The summed E-state index contributed by atoms with van der Waals surface area (Å²) in [5.74, 6) is -1.57. The topological polar surface area (TPSA) is 106 Å². The first-order valence-corrected chi connectivity index (χ1v) is 12.3. The van der Waals surface area contributed by atoms with Crippen LogP contribution in [-0.2, 0) is 19.1 Å². The molecule has 33 heavy (non-hydrogen) atoms. The van der Waals surface area contributed by atoms with Gasteiger partial charge in [0.15, 0.2) is 5.69 Å². The van der Waals surface area contributed by atoms with Crippen LogP contribution in [-0.4, -0.2) is 58.6 Å². The van der Waals surface area contributed by atoms with Gasteiger partial charge in [0.1, 0.15) is 16.7 Å². The van der Waals surface area contributed by atoms with Crippen LogP contribution < -0.4 is 0 Å². The fourth-order valence-corrected chi connectivity index (χ4v) is 4.44. The number of carbonyl (C=O) groups excluding carboxylic acids is 3. The Morgan fingerprint density at radius 3 is 2.30 bits per heavy atom. The number of hydrogen-bond acceptors (Lipinski definition) is 8. The molecule has 1 N–H and O–H groups in total. The highest BCUT2D eigenvalue weighted by Crippen LogP contribution is 2.30. The van der Waals surface area contributed by atoms with Crippen molar-refractivity contribution in [3.05, 3.63) is 16.1 Å². The summed E-state index contributed by atoms with van der Waals surface area (Å²) >= 11 is 1.18. The fourth-order valence-electron chi connectivity index (χ4n) is 3.65. The molecule has 0 saturated carbocycles. The maximum absolute atomic E-state index is 13.5. The lowest BCUT2D eigenvalue weighted by Crippen LogP contribution is -2.46. The quantitative estimate of drug-likeness (QED) is 0.469. The van der Waals surface area contributed by atoms with Crippen LogP contribution in [0.4, 0.5) is 0 Å². The highest BCUT2D eigenvalue weighted by Gasteiger charge is 2.35. The molecule has 4 atom stereocenters. The van der Waals surface area contributed by atoms with E-state index in [4.69, 9.17) is 4.74 Å². The van der Waals surface area contributed by atoms with E-state index in [1.807, 2.05) is 27.7 Å². The molecule has 1 heterocycles. The monoisotopic (exact) mass is 484 g/mol. The Hall–Kier alpha value is -2.00.